The maximum atomic E-state index is 4.50. The molecule has 0 saturated heterocycles. The first-order chi connectivity index (χ1) is 11.8. The number of H-pyrrole nitrogens is 1. The largest absolute Gasteiger partial charge is 0.338 e. The van der Waals surface area contributed by atoms with Gasteiger partial charge >= 0.3 is 0 Å². The van der Waals surface area contributed by atoms with Crippen LogP contribution in [0.4, 0.5) is 11.5 Å². The van der Waals surface area contributed by atoms with E-state index in [0.29, 0.717) is 0 Å². The number of nitrogens with zero attached hydrogens (tertiary/aromatic N) is 4. The fourth-order valence-electron chi connectivity index (χ4n) is 3.41. The highest BCUT2D eigenvalue weighted by molar-refractivity contribution is 7.19. The van der Waals surface area contributed by atoms with Crippen LogP contribution in [0.15, 0.2) is 24.8 Å². The van der Waals surface area contributed by atoms with E-state index in [1.54, 1.807) is 18.7 Å². The van der Waals surface area contributed by atoms with Crippen molar-refractivity contribution in [3.63, 3.8) is 0 Å². The van der Waals surface area contributed by atoms with Crippen LogP contribution in [0.1, 0.15) is 23.8 Å². The van der Waals surface area contributed by atoms with E-state index in [9.17, 15) is 0 Å². The van der Waals surface area contributed by atoms with Crippen molar-refractivity contribution in [3.8, 4) is 0 Å². The lowest BCUT2D eigenvalue weighted by atomic mass is 9.89. The number of fused-ring (bicyclic) bond motifs is 4. The zero-order valence-corrected chi connectivity index (χ0v) is 14.0. The van der Waals surface area contributed by atoms with Crippen molar-refractivity contribution in [2.75, 3.05) is 5.32 Å². The molecule has 7 heteroatoms. The molecule has 4 aromatic rings. The normalized spacial score (nSPS) is 17.3. The molecule has 0 spiro atoms. The SMILES string of the molecule is CC1CCc2c(sc3ncnc(Nc4cnc5[nH]ncc5c4)c23)C1. The minimum absolute atomic E-state index is 0.752. The predicted octanol–water partition coefficient (Wildman–Crippen LogP) is 3.83. The van der Waals surface area contributed by atoms with Gasteiger partial charge in [0.2, 0.25) is 0 Å². The Morgan fingerprint density at radius 1 is 1.25 bits per heavy atom. The second-order valence-electron chi connectivity index (χ2n) is 6.41. The molecule has 0 aliphatic heterocycles. The van der Waals surface area contributed by atoms with Gasteiger partial charge in [0.05, 0.1) is 23.5 Å². The Hall–Kier alpha value is -2.54. The summed E-state index contributed by atoms with van der Waals surface area (Å²) in [6.45, 7) is 2.32. The maximum absolute atomic E-state index is 4.50. The van der Waals surface area contributed by atoms with E-state index in [1.165, 1.54) is 22.2 Å². The molecule has 0 amide bonds. The standard InChI is InChI=1S/C17H16N6S/c1-9-2-3-12-13(4-9)24-17-14(12)16(19-8-20-17)22-11-5-10-6-21-23-15(10)18-7-11/h5-9H,2-4H2,1H3,(H,18,21,23)(H,19,20,22). The van der Waals surface area contributed by atoms with E-state index < -0.39 is 0 Å². The number of nitrogens with one attached hydrogen (secondary N) is 2. The minimum Gasteiger partial charge on any atom is -0.338 e. The maximum Gasteiger partial charge on any atom is 0.155 e. The fourth-order valence-corrected chi connectivity index (χ4v) is 4.76. The zero-order valence-electron chi connectivity index (χ0n) is 13.2. The molecule has 1 aliphatic carbocycles. The lowest BCUT2D eigenvalue weighted by Gasteiger charge is -2.18. The van der Waals surface area contributed by atoms with Gasteiger partial charge in [0.1, 0.15) is 17.0 Å². The Bertz CT molecular complexity index is 1050. The molecule has 0 radical (unpaired) electrons. The zero-order chi connectivity index (χ0) is 16.1. The van der Waals surface area contributed by atoms with Gasteiger partial charge in [0, 0.05) is 10.3 Å². The molecule has 2 N–H and O–H groups in total. The van der Waals surface area contributed by atoms with Crippen LogP contribution in [-0.4, -0.2) is 25.1 Å². The summed E-state index contributed by atoms with van der Waals surface area (Å²) in [6.07, 6.45) is 8.71. The van der Waals surface area contributed by atoms with Crippen molar-refractivity contribution in [1.29, 1.82) is 0 Å². The van der Waals surface area contributed by atoms with Gasteiger partial charge in [0.15, 0.2) is 5.65 Å². The Labute approximate surface area is 142 Å². The van der Waals surface area contributed by atoms with Gasteiger partial charge in [-0.25, -0.2) is 15.0 Å². The Balaban J connectivity index is 1.61. The summed E-state index contributed by atoms with van der Waals surface area (Å²) in [5.41, 5.74) is 3.12. The smallest absolute Gasteiger partial charge is 0.155 e. The molecule has 5 rings (SSSR count). The van der Waals surface area contributed by atoms with E-state index >= 15 is 0 Å². The van der Waals surface area contributed by atoms with Crippen molar-refractivity contribution < 1.29 is 0 Å². The number of anilines is 2. The summed E-state index contributed by atoms with van der Waals surface area (Å²) in [5.74, 6) is 1.62. The van der Waals surface area contributed by atoms with E-state index in [0.717, 1.165) is 46.1 Å². The number of hydrogen-bond acceptors (Lipinski definition) is 6. The lowest BCUT2D eigenvalue weighted by Crippen LogP contribution is -2.09. The van der Waals surface area contributed by atoms with Crippen LogP contribution in [0, 0.1) is 5.92 Å². The van der Waals surface area contributed by atoms with Crippen LogP contribution < -0.4 is 5.32 Å². The van der Waals surface area contributed by atoms with Gasteiger partial charge < -0.3 is 5.32 Å². The van der Waals surface area contributed by atoms with Crippen molar-refractivity contribution >= 4 is 44.1 Å². The van der Waals surface area contributed by atoms with Gasteiger partial charge in [-0.2, -0.15) is 5.10 Å². The summed E-state index contributed by atoms with van der Waals surface area (Å²) in [7, 11) is 0. The van der Waals surface area contributed by atoms with Gasteiger partial charge in [-0.1, -0.05) is 6.92 Å². The van der Waals surface area contributed by atoms with E-state index in [-0.39, 0.29) is 0 Å². The van der Waals surface area contributed by atoms with Gasteiger partial charge in [0.25, 0.3) is 0 Å². The third-order valence-corrected chi connectivity index (χ3v) is 5.81. The third kappa shape index (κ3) is 2.16. The molecule has 4 heterocycles. The molecular weight excluding hydrogens is 320 g/mol. The summed E-state index contributed by atoms with van der Waals surface area (Å²) < 4.78 is 0. The number of thiophene rings is 1. The monoisotopic (exact) mass is 336 g/mol. The lowest BCUT2D eigenvalue weighted by molar-refractivity contribution is 0.509. The molecular formula is C17H16N6S. The Morgan fingerprint density at radius 3 is 3.17 bits per heavy atom. The first-order valence-electron chi connectivity index (χ1n) is 8.09. The van der Waals surface area contributed by atoms with Gasteiger partial charge in [-0.05, 0) is 36.8 Å². The second kappa shape index (κ2) is 5.24. The molecule has 120 valence electrons. The summed E-state index contributed by atoms with van der Waals surface area (Å²) in [6, 6.07) is 2.03. The fraction of sp³-hybridized carbons (Fsp3) is 0.294. The highest BCUT2D eigenvalue weighted by atomic mass is 32.1. The summed E-state index contributed by atoms with van der Waals surface area (Å²) in [5, 5.41) is 12.5. The number of hydrogen-bond donors (Lipinski definition) is 2. The Morgan fingerprint density at radius 2 is 2.21 bits per heavy atom. The van der Waals surface area contributed by atoms with Crippen LogP contribution >= 0.6 is 11.3 Å². The van der Waals surface area contributed by atoms with Crippen LogP contribution in [0.2, 0.25) is 0 Å². The van der Waals surface area contributed by atoms with Crippen molar-refractivity contribution in [3.05, 3.63) is 35.2 Å². The molecule has 0 saturated carbocycles. The molecule has 1 aliphatic rings. The average Bonchev–Trinajstić information content (AvgIpc) is 3.18. The summed E-state index contributed by atoms with van der Waals surface area (Å²) in [4.78, 5) is 15.9. The van der Waals surface area contributed by atoms with E-state index in [2.05, 4.69) is 37.4 Å². The molecule has 0 aromatic carbocycles. The highest BCUT2D eigenvalue weighted by Gasteiger charge is 2.23. The number of aromatic amines is 1. The molecule has 0 bridgehead atoms. The first kappa shape index (κ1) is 13.9. The predicted molar refractivity (Wildman–Crippen MR) is 95.8 cm³/mol. The van der Waals surface area contributed by atoms with Crippen molar-refractivity contribution in [2.45, 2.75) is 26.2 Å². The van der Waals surface area contributed by atoms with Gasteiger partial charge in [-0.15, -0.1) is 11.3 Å². The average molecular weight is 336 g/mol. The molecule has 4 aromatic heterocycles. The molecule has 0 fully saturated rings. The van der Waals surface area contributed by atoms with Gasteiger partial charge in [-0.3, -0.25) is 5.10 Å². The molecule has 1 atom stereocenters. The van der Waals surface area contributed by atoms with E-state index in [4.69, 9.17) is 0 Å². The molecule has 1 unspecified atom stereocenters. The van der Waals surface area contributed by atoms with E-state index in [1.807, 2.05) is 17.4 Å². The van der Waals surface area contributed by atoms with Crippen molar-refractivity contribution in [1.82, 2.24) is 25.1 Å². The molecule has 24 heavy (non-hydrogen) atoms. The number of pyridine rings is 1. The Kier molecular flexibility index (Phi) is 3.02. The van der Waals surface area contributed by atoms with Crippen LogP contribution in [0.5, 0.6) is 0 Å². The first-order valence-corrected chi connectivity index (χ1v) is 8.91. The topological polar surface area (TPSA) is 79.4 Å². The molecule has 6 nitrogen and oxygen atoms in total. The van der Waals surface area contributed by atoms with Crippen LogP contribution in [0.25, 0.3) is 21.3 Å². The number of aromatic nitrogens is 5. The number of aryl methyl sites for hydroxylation is 1. The summed E-state index contributed by atoms with van der Waals surface area (Å²) >= 11 is 1.81. The third-order valence-electron chi connectivity index (χ3n) is 4.65. The second-order valence-corrected chi connectivity index (χ2v) is 7.49. The number of rotatable bonds is 2. The highest BCUT2D eigenvalue weighted by Crippen LogP contribution is 2.40. The van der Waals surface area contributed by atoms with Crippen LogP contribution in [-0.2, 0) is 12.8 Å². The van der Waals surface area contributed by atoms with Crippen molar-refractivity contribution in [2.24, 2.45) is 5.92 Å². The minimum atomic E-state index is 0.752. The van der Waals surface area contributed by atoms with Crippen LogP contribution in [0.3, 0.4) is 0 Å². The quantitative estimate of drug-likeness (QED) is 0.581.